The third-order valence-electron chi connectivity index (χ3n) is 2.93. The minimum atomic E-state index is -0.680. The van der Waals surface area contributed by atoms with Crippen LogP contribution in [0.3, 0.4) is 0 Å². The lowest BCUT2D eigenvalue weighted by Gasteiger charge is -2.19. The summed E-state index contributed by atoms with van der Waals surface area (Å²) in [6.45, 7) is 0.826. The molecular weight excluding hydrogens is 266 g/mol. The SMILES string of the molecule is Nc1cc(C(=O)N2CCNC(=O)CC2)c([N+](=O)[O-])cn1. The van der Waals surface area contributed by atoms with Crippen LogP contribution in [0.4, 0.5) is 11.5 Å². The smallest absolute Gasteiger partial charge is 0.300 e. The van der Waals surface area contributed by atoms with E-state index in [1.807, 2.05) is 0 Å². The van der Waals surface area contributed by atoms with E-state index in [4.69, 9.17) is 5.73 Å². The molecule has 2 heterocycles. The second-order valence-electron chi connectivity index (χ2n) is 4.28. The topological polar surface area (TPSA) is 131 Å². The summed E-state index contributed by atoms with van der Waals surface area (Å²) in [7, 11) is 0. The summed E-state index contributed by atoms with van der Waals surface area (Å²) >= 11 is 0. The third kappa shape index (κ3) is 2.82. The Morgan fingerprint density at radius 2 is 2.25 bits per heavy atom. The first kappa shape index (κ1) is 13.7. The van der Waals surface area contributed by atoms with Gasteiger partial charge in [-0.15, -0.1) is 0 Å². The predicted octanol–water partition coefficient (Wildman–Crippen LogP) is -0.466. The Balaban J connectivity index is 2.30. The maximum Gasteiger partial charge on any atom is 0.300 e. The molecule has 1 fully saturated rings. The zero-order valence-corrected chi connectivity index (χ0v) is 10.5. The van der Waals surface area contributed by atoms with Crippen molar-refractivity contribution < 1.29 is 14.5 Å². The summed E-state index contributed by atoms with van der Waals surface area (Å²) in [4.78, 5) is 38.8. The lowest BCUT2D eigenvalue weighted by Crippen LogP contribution is -2.34. The zero-order chi connectivity index (χ0) is 14.7. The van der Waals surface area contributed by atoms with Crippen molar-refractivity contribution in [2.75, 3.05) is 25.4 Å². The molecule has 20 heavy (non-hydrogen) atoms. The first-order valence-electron chi connectivity index (χ1n) is 5.95. The third-order valence-corrected chi connectivity index (χ3v) is 2.93. The molecule has 0 radical (unpaired) electrons. The molecule has 106 valence electrons. The van der Waals surface area contributed by atoms with Gasteiger partial charge in [0, 0.05) is 26.1 Å². The van der Waals surface area contributed by atoms with Crippen molar-refractivity contribution in [2.45, 2.75) is 6.42 Å². The van der Waals surface area contributed by atoms with Crippen LogP contribution in [0.5, 0.6) is 0 Å². The molecule has 0 spiro atoms. The molecule has 9 heteroatoms. The van der Waals surface area contributed by atoms with Gasteiger partial charge in [-0.1, -0.05) is 0 Å². The van der Waals surface area contributed by atoms with Gasteiger partial charge in [0.2, 0.25) is 5.91 Å². The maximum atomic E-state index is 12.3. The van der Waals surface area contributed by atoms with Crippen LogP contribution in [-0.4, -0.2) is 46.3 Å². The Morgan fingerprint density at radius 1 is 1.50 bits per heavy atom. The predicted molar refractivity (Wildman–Crippen MR) is 68.8 cm³/mol. The Bertz CT molecular complexity index is 574. The second-order valence-corrected chi connectivity index (χ2v) is 4.28. The number of carbonyl (C=O) groups is 2. The fraction of sp³-hybridized carbons (Fsp3) is 0.364. The molecule has 1 saturated heterocycles. The van der Waals surface area contributed by atoms with E-state index in [2.05, 4.69) is 10.3 Å². The quantitative estimate of drug-likeness (QED) is 0.556. The molecular formula is C11H13N5O4. The van der Waals surface area contributed by atoms with Crippen molar-refractivity contribution in [3.05, 3.63) is 27.9 Å². The summed E-state index contributed by atoms with van der Waals surface area (Å²) in [5.41, 5.74) is 4.97. The molecule has 1 aliphatic heterocycles. The highest BCUT2D eigenvalue weighted by molar-refractivity contribution is 5.99. The summed E-state index contributed by atoms with van der Waals surface area (Å²) in [5, 5.41) is 13.6. The second kappa shape index (κ2) is 5.51. The van der Waals surface area contributed by atoms with Crippen LogP contribution in [0.1, 0.15) is 16.8 Å². The summed E-state index contributed by atoms with van der Waals surface area (Å²) in [6, 6.07) is 1.18. The number of carbonyl (C=O) groups excluding carboxylic acids is 2. The molecule has 1 aromatic heterocycles. The number of anilines is 1. The van der Waals surface area contributed by atoms with Crippen molar-refractivity contribution in [1.82, 2.24) is 15.2 Å². The molecule has 9 nitrogen and oxygen atoms in total. The van der Waals surface area contributed by atoms with Gasteiger partial charge in [-0.3, -0.25) is 19.7 Å². The number of pyridine rings is 1. The minimum absolute atomic E-state index is 0.0305. The fourth-order valence-corrected chi connectivity index (χ4v) is 1.92. The van der Waals surface area contributed by atoms with E-state index < -0.39 is 16.5 Å². The highest BCUT2D eigenvalue weighted by Crippen LogP contribution is 2.21. The van der Waals surface area contributed by atoms with Crippen LogP contribution in [-0.2, 0) is 4.79 Å². The average Bonchev–Trinajstić information content (AvgIpc) is 2.62. The lowest BCUT2D eigenvalue weighted by atomic mass is 10.2. The lowest BCUT2D eigenvalue weighted by molar-refractivity contribution is -0.385. The molecule has 0 saturated carbocycles. The maximum absolute atomic E-state index is 12.3. The number of hydrogen-bond acceptors (Lipinski definition) is 6. The van der Waals surface area contributed by atoms with Crippen molar-refractivity contribution >= 4 is 23.3 Å². The Hall–Kier alpha value is -2.71. The highest BCUT2D eigenvalue weighted by atomic mass is 16.6. The molecule has 0 atom stereocenters. The van der Waals surface area contributed by atoms with Crippen LogP contribution >= 0.6 is 0 Å². The minimum Gasteiger partial charge on any atom is -0.384 e. The molecule has 2 rings (SSSR count). The Kier molecular flexibility index (Phi) is 3.78. The van der Waals surface area contributed by atoms with Crippen LogP contribution in [0.2, 0.25) is 0 Å². The van der Waals surface area contributed by atoms with Gasteiger partial charge < -0.3 is 16.0 Å². The molecule has 0 aliphatic carbocycles. The number of hydrogen-bond donors (Lipinski definition) is 2. The molecule has 0 aromatic carbocycles. The van der Waals surface area contributed by atoms with Crippen molar-refractivity contribution in [2.24, 2.45) is 0 Å². The first-order valence-corrected chi connectivity index (χ1v) is 5.95. The zero-order valence-electron chi connectivity index (χ0n) is 10.5. The molecule has 0 bridgehead atoms. The number of nitrogen functional groups attached to an aromatic ring is 1. The number of nitrogens with two attached hydrogens (primary N) is 1. The Morgan fingerprint density at radius 3 is 2.95 bits per heavy atom. The van der Waals surface area contributed by atoms with Crippen LogP contribution < -0.4 is 11.1 Å². The largest absolute Gasteiger partial charge is 0.384 e. The number of nitrogens with zero attached hydrogens (tertiary/aromatic N) is 3. The van der Waals surface area contributed by atoms with Crippen LogP contribution in [0.25, 0.3) is 0 Å². The van der Waals surface area contributed by atoms with Gasteiger partial charge >= 0.3 is 0 Å². The number of amides is 2. The highest BCUT2D eigenvalue weighted by Gasteiger charge is 2.27. The van der Waals surface area contributed by atoms with Gasteiger partial charge in [0.25, 0.3) is 11.6 Å². The van der Waals surface area contributed by atoms with E-state index in [0.29, 0.717) is 13.1 Å². The average molecular weight is 279 g/mol. The number of rotatable bonds is 2. The van der Waals surface area contributed by atoms with E-state index in [1.54, 1.807) is 0 Å². The fourth-order valence-electron chi connectivity index (χ4n) is 1.92. The number of nitrogens with one attached hydrogen (secondary N) is 1. The van der Waals surface area contributed by atoms with E-state index in [0.717, 1.165) is 6.20 Å². The van der Waals surface area contributed by atoms with E-state index in [1.165, 1.54) is 11.0 Å². The van der Waals surface area contributed by atoms with Gasteiger partial charge in [0.05, 0.1) is 4.92 Å². The van der Waals surface area contributed by atoms with Crippen molar-refractivity contribution in [3.8, 4) is 0 Å². The van der Waals surface area contributed by atoms with E-state index in [9.17, 15) is 19.7 Å². The van der Waals surface area contributed by atoms with Gasteiger partial charge in [0.1, 0.15) is 17.6 Å². The Labute approximate surface area is 113 Å². The van der Waals surface area contributed by atoms with Gasteiger partial charge in [-0.2, -0.15) is 0 Å². The summed E-state index contributed by atoms with van der Waals surface area (Å²) < 4.78 is 0. The summed E-state index contributed by atoms with van der Waals surface area (Å²) in [6.07, 6.45) is 1.13. The molecule has 2 amide bonds. The van der Waals surface area contributed by atoms with Crippen molar-refractivity contribution in [3.63, 3.8) is 0 Å². The van der Waals surface area contributed by atoms with Gasteiger partial charge in [-0.05, 0) is 6.07 Å². The standard InChI is InChI=1S/C11H13N5O4/c12-9-5-7(8(6-14-9)16(19)20)11(18)15-3-1-10(17)13-2-4-15/h5-6H,1-4H2,(H2,12,14)(H,13,17). The van der Waals surface area contributed by atoms with Gasteiger partial charge in [0.15, 0.2) is 0 Å². The van der Waals surface area contributed by atoms with Crippen molar-refractivity contribution in [1.29, 1.82) is 0 Å². The summed E-state index contributed by atoms with van der Waals surface area (Å²) in [5.74, 6) is -0.644. The molecule has 0 unspecified atom stereocenters. The first-order chi connectivity index (χ1) is 9.49. The van der Waals surface area contributed by atoms with Crippen LogP contribution in [0, 0.1) is 10.1 Å². The number of aromatic nitrogens is 1. The van der Waals surface area contributed by atoms with E-state index in [-0.39, 0.29) is 30.3 Å². The molecule has 1 aromatic rings. The van der Waals surface area contributed by atoms with Crippen LogP contribution in [0.15, 0.2) is 12.3 Å². The number of nitro groups is 1. The van der Waals surface area contributed by atoms with E-state index >= 15 is 0 Å². The molecule has 3 N–H and O–H groups in total. The monoisotopic (exact) mass is 279 g/mol. The van der Waals surface area contributed by atoms with Gasteiger partial charge in [-0.25, -0.2) is 4.98 Å². The molecule has 1 aliphatic rings. The normalized spacial score (nSPS) is 15.4.